The van der Waals surface area contributed by atoms with Crippen LogP contribution in [0, 0.1) is 0 Å². The van der Waals surface area contributed by atoms with Crippen molar-refractivity contribution in [3.8, 4) is 0 Å². The van der Waals surface area contributed by atoms with Crippen LogP contribution in [0.25, 0.3) is 0 Å². The molecule has 19 heavy (non-hydrogen) atoms. The van der Waals surface area contributed by atoms with Gasteiger partial charge >= 0.3 is 0 Å². The molecule has 0 unspecified atom stereocenters. The first kappa shape index (κ1) is 12.2. The molecule has 0 radical (unpaired) electrons. The Labute approximate surface area is 120 Å². The third-order valence-corrected chi connectivity index (χ3v) is 3.85. The van der Waals surface area contributed by atoms with Crippen molar-refractivity contribution in [2.24, 2.45) is 5.73 Å². The topological polar surface area (TPSA) is 75.9 Å². The van der Waals surface area contributed by atoms with E-state index < -0.39 is 0 Å². The van der Waals surface area contributed by atoms with Gasteiger partial charge in [-0.1, -0.05) is 17.8 Å². The number of nitrogens with one attached hydrogen (secondary N) is 2. The zero-order valence-electron chi connectivity index (χ0n) is 9.88. The lowest BCUT2D eigenvalue weighted by atomic mass is 10.2. The Morgan fingerprint density at radius 1 is 1.37 bits per heavy atom. The molecule has 2 heterocycles. The van der Waals surface area contributed by atoms with Crippen LogP contribution in [0.4, 0.5) is 11.5 Å². The summed E-state index contributed by atoms with van der Waals surface area (Å²) in [5.74, 6) is 0.791. The fraction of sp³-hybridized carbons (Fsp3) is 0.0833. The van der Waals surface area contributed by atoms with Crippen molar-refractivity contribution in [1.82, 2.24) is 15.3 Å². The molecule has 96 valence electrons. The fourth-order valence-corrected chi connectivity index (χ4v) is 2.73. The summed E-state index contributed by atoms with van der Waals surface area (Å²) >= 11 is 6.41. The van der Waals surface area contributed by atoms with E-state index in [2.05, 4.69) is 32.7 Å². The highest BCUT2D eigenvalue weighted by Gasteiger charge is 2.17. The van der Waals surface area contributed by atoms with E-state index in [0.717, 1.165) is 27.0 Å². The van der Waals surface area contributed by atoms with Gasteiger partial charge in [-0.05, 0) is 29.9 Å². The number of anilines is 2. The third-order valence-electron chi connectivity index (χ3n) is 2.64. The summed E-state index contributed by atoms with van der Waals surface area (Å²) in [5.41, 5.74) is 7.56. The van der Waals surface area contributed by atoms with Crippen LogP contribution in [-0.2, 0) is 6.54 Å². The molecule has 0 aliphatic carbocycles. The maximum atomic E-state index is 5.42. The maximum absolute atomic E-state index is 5.42. The van der Waals surface area contributed by atoms with Crippen LogP contribution < -0.4 is 16.4 Å². The zero-order valence-corrected chi connectivity index (χ0v) is 11.5. The van der Waals surface area contributed by atoms with Gasteiger partial charge in [0.2, 0.25) is 0 Å². The van der Waals surface area contributed by atoms with Crippen molar-refractivity contribution in [3.63, 3.8) is 0 Å². The van der Waals surface area contributed by atoms with E-state index in [-0.39, 0.29) is 0 Å². The van der Waals surface area contributed by atoms with Gasteiger partial charge < -0.3 is 16.4 Å². The molecule has 0 saturated heterocycles. The Balaban J connectivity index is 1.85. The molecule has 2 aromatic rings. The van der Waals surface area contributed by atoms with Crippen LogP contribution in [0.1, 0.15) is 5.56 Å². The van der Waals surface area contributed by atoms with Gasteiger partial charge in [0.25, 0.3) is 0 Å². The lowest BCUT2D eigenvalue weighted by molar-refractivity contribution is 0.917. The second kappa shape index (κ2) is 5.02. The van der Waals surface area contributed by atoms with Crippen LogP contribution in [0.2, 0.25) is 0 Å². The van der Waals surface area contributed by atoms with Gasteiger partial charge in [0.05, 0.1) is 5.69 Å². The SMILES string of the molecule is NC(=S)NCc1ccc2c(c1)Nc1nccnc1S2. The molecule has 4 N–H and O–H groups in total. The lowest BCUT2D eigenvalue weighted by Gasteiger charge is -2.19. The molecule has 1 aliphatic heterocycles. The van der Waals surface area contributed by atoms with Crippen molar-refractivity contribution >= 4 is 40.6 Å². The van der Waals surface area contributed by atoms with Crippen LogP contribution in [0.5, 0.6) is 0 Å². The van der Waals surface area contributed by atoms with Crippen molar-refractivity contribution in [3.05, 3.63) is 36.2 Å². The summed E-state index contributed by atoms with van der Waals surface area (Å²) in [6.07, 6.45) is 3.37. The molecule has 1 aromatic carbocycles. The highest BCUT2D eigenvalue weighted by Crippen LogP contribution is 2.41. The van der Waals surface area contributed by atoms with Crippen molar-refractivity contribution in [2.75, 3.05) is 5.32 Å². The summed E-state index contributed by atoms with van der Waals surface area (Å²) < 4.78 is 0. The number of benzene rings is 1. The Bertz CT molecular complexity index is 644. The first-order valence-corrected chi connectivity index (χ1v) is 6.87. The summed E-state index contributed by atoms with van der Waals surface area (Å²) in [5, 5.41) is 7.41. The number of nitrogens with zero attached hydrogens (tertiary/aromatic N) is 2. The van der Waals surface area contributed by atoms with E-state index in [4.69, 9.17) is 18.0 Å². The Hall–Kier alpha value is -1.86. The van der Waals surface area contributed by atoms with Gasteiger partial charge in [0.15, 0.2) is 10.9 Å². The minimum absolute atomic E-state index is 0.302. The largest absolute Gasteiger partial charge is 0.376 e. The summed E-state index contributed by atoms with van der Waals surface area (Å²) in [6.45, 7) is 0.613. The smallest absolute Gasteiger partial charge is 0.163 e. The molecule has 1 aromatic heterocycles. The average molecular weight is 289 g/mol. The number of nitrogens with two attached hydrogens (primary N) is 1. The number of aromatic nitrogens is 2. The van der Waals surface area contributed by atoms with E-state index in [0.29, 0.717) is 11.7 Å². The second-order valence-corrected chi connectivity index (χ2v) is 5.46. The number of rotatable bonds is 2. The van der Waals surface area contributed by atoms with Gasteiger partial charge in [0.1, 0.15) is 5.03 Å². The molecular weight excluding hydrogens is 278 g/mol. The number of hydrogen-bond donors (Lipinski definition) is 3. The molecule has 5 nitrogen and oxygen atoms in total. The fourth-order valence-electron chi connectivity index (χ4n) is 1.78. The predicted molar refractivity (Wildman–Crippen MR) is 79.5 cm³/mol. The monoisotopic (exact) mass is 289 g/mol. The number of hydrogen-bond acceptors (Lipinski definition) is 5. The Morgan fingerprint density at radius 2 is 2.21 bits per heavy atom. The quantitative estimate of drug-likeness (QED) is 0.623. The van der Waals surface area contributed by atoms with Gasteiger partial charge in [0, 0.05) is 23.8 Å². The van der Waals surface area contributed by atoms with E-state index in [9.17, 15) is 0 Å². The normalized spacial score (nSPS) is 12.0. The minimum atomic E-state index is 0.302. The standard InChI is InChI=1S/C12H11N5S2/c13-12(18)16-6-7-1-2-9-8(5-7)17-10-11(19-9)15-4-3-14-10/h1-5H,6H2,(H,14,17)(H3,13,16,18). The third kappa shape index (κ3) is 2.61. The molecule has 0 atom stereocenters. The van der Waals surface area contributed by atoms with E-state index in [1.165, 1.54) is 0 Å². The molecule has 1 aliphatic rings. The summed E-state index contributed by atoms with van der Waals surface area (Å²) in [7, 11) is 0. The molecule has 3 rings (SSSR count). The average Bonchev–Trinajstić information content (AvgIpc) is 2.42. The number of thiocarbonyl (C=S) groups is 1. The molecular formula is C12H11N5S2. The van der Waals surface area contributed by atoms with Crippen LogP contribution in [0.15, 0.2) is 40.5 Å². The molecule has 0 bridgehead atoms. The summed E-state index contributed by atoms with van der Waals surface area (Å²) in [4.78, 5) is 9.69. The number of fused-ring (bicyclic) bond motifs is 2. The van der Waals surface area contributed by atoms with Crippen LogP contribution in [0.3, 0.4) is 0 Å². The van der Waals surface area contributed by atoms with Crippen LogP contribution in [-0.4, -0.2) is 15.1 Å². The highest BCUT2D eigenvalue weighted by atomic mass is 32.2. The maximum Gasteiger partial charge on any atom is 0.163 e. The second-order valence-electron chi connectivity index (χ2n) is 3.99. The molecule has 0 fully saturated rings. The first-order chi connectivity index (χ1) is 9.22. The first-order valence-electron chi connectivity index (χ1n) is 5.64. The summed E-state index contributed by atoms with van der Waals surface area (Å²) in [6, 6.07) is 6.16. The van der Waals surface area contributed by atoms with Gasteiger partial charge in [-0.15, -0.1) is 0 Å². The minimum Gasteiger partial charge on any atom is -0.376 e. The molecule has 0 spiro atoms. The van der Waals surface area contributed by atoms with Gasteiger partial charge in [-0.25, -0.2) is 9.97 Å². The van der Waals surface area contributed by atoms with Gasteiger partial charge in [-0.3, -0.25) is 0 Å². The zero-order chi connectivity index (χ0) is 13.2. The molecule has 7 heteroatoms. The van der Waals surface area contributed by atoms with Crippen LogP contribution >= 0.6 is 24.0 Å². The van der Waals surface area contributed by atoms with Crippen molar-refractivity contribution in [1.29, 1.82) is 0 Å². The van der Waals surface area contributed by atoms with E-state index in [1.54, 1.807) is 24.2 Å². The lowest BCUT2D eigenvalue weighted by Crippen LogP contribution is -2.28. The molecule has 0 amide bonds. The van der Waals surface area contributed by atoms with Crippen molar-refractivity contribution < 1.29 is 0 Å². The predicted octanol–water partition coefficient (Wildman–Crippen LogP) is 2.02. The van der Waals surface area contributed by atoms with E-state index >= 15 is 0 Å². The molecule has 0 saturated carbocycles. The Morgan fingerprint density at radius 3 is 3.05 bits per heavy atom. The van der Waals surface area contributed by atoms with E-state index in [1.807, 2.05) is 6.07 Å². The Kier molecular flexibility index (Phi) is 3.22. The van der Waals surface area contributed by atoms with Gasteiger partial charge in [-0.2, -0.15) is 0 Å². The van der Waals surface area contributed by atoms with Crippen molar-refractivity contribution in [2.45, 2.75) is 16.5 Å². The highest BCUT2D eigenvalue weighted by molar-refractivity contribution is 7.99.